The summed E-state index contributed by atoms with van der Waals surface area (Å²) in [5, 5.41) is 0. The highest BCUT2D eigenvalue weighted by Gasteiger charge is 2.30. The van der Waals surface area contributed by atoms with E-state index in [1.165, 1.54) is 76.2 Å². The number of halogens is 1. The fourth-order valence-corrected chi connectivity index (χ4v) is 5.33. The summed E-state index contributed by atoms with van der Waals surface area (Å²) in [5.41, 5.74) is 1.30. The molecule has 0 aliphatic heterocycles. The normalized spacial score (nSPS) is 31.1. The second-order valence-electron chi connectivity index (χ2n) is 8.52. The van der Waals surface area contributed by atoms with Crippen LogP contribution in [0, 0.1) is 29.5 Å². The van der Waals surface area contributed by atoms with E-state index in [0.717, 1.165) is 30.1 Å². The molecule has 2 aliphatic carbocycles. The molecule has 24 heavy (non-hydrogen) atoms. The topological polar surface area (TPSA) is 0 Å². The van der Waals surface area contributed by atoms with E-state index in [4.69, 9.17) is 0 Å². The first-order valence-corrected chi connectivity index (χ1v) is 10.5. The Hall–Kier alpha value is -0.850. The summed E-state index contributed by atoms with van der Waals surface area (Å²) in [6, 6.07) is 7.10. The van der Waals surface area contributed by atoms with Crippen molar-refractivity contribution in [1.29, 1.82) is 0 Å². The lowest BCUT2D eigenvalue weighted by molar-refractivity contribution is 0.141. The van der Waals surface area contributed by atoms with E-state index in [-0.39, 0.29) is 5.82 Å². The predicted molar refractivity (Wildman–Crippen MR) is 101 cm³/mol. The highest BCUT2D eigenvalue weighted by atomic mass is 19.1. The van der Waals surface area contributed by atoms with E-state index in [1.54, 1.807) is 12.1 Å². The first kappa shape index (κ1) is 18.0. The molecule has 0 radical (unpaired) electrons. The summed E-state index contributed by atoms with van der Waals surface area (Å²) in [5.74, 6) is 3.89. The number of hydrogen-bond acceptors (Lipinski definition) is 0. The molecular formula is C23H35F. The Bertz CT molecular complexity index is 461. The summed E-state index contributed by atoms with van der Waals surface area (Å²) < 4.78 is 13.0. The third-order valence-corrected chi connectivity index (χ3v) is 6.90. The lowest BCUT2D eigenvalue weighted by Gasteiger charge is -2.38. The highest BCUT2D eigenvalue weighted by molar-refractivity contribution is 5.16. The summed E-state index contributed by atoms with van der Waals surface area (Å²) in [4.78, 5) is 0. The average molecular weight is 331 g/mol. The zero-order chi connectivity index (χ0) is 16.8. The molecule has 1 heteroatoms. The first-order chi connectivity index (χ1) is 11.7. The van der Waals surface area contributed by atoms with Crippen LogP contribution < -0.4 is 0 Å². The lowest BCUT2D eigenvalue weighted by Crippen LogP contribution is -2.26. The Kier molecular flexibility index (Phi) is 6.75. The Morgan fingerprint density at radius 3 is 1.75 bits per heavy atom. The molecule has 0 spiro atoms. The quantitative estimate of drug-likeness (QED) is 0.518. The van der Waals surface area contributed by atoms with E-state index in [2.05, 4.69) is 6.92 Å². The maximum absolute atomic E-state index is 13.0. The van der Waals surface area contributed by atoms with Crippen molar-refractivity contribution in [3.8, 4) is 0 Å². The van der Waals surface area contributed by atoms with Crippen molar-refractivity contribution >= 4 is 0 Å². The molecular weight excluding hydrogens is 295 g/mol. The second kappa shape index (κ2) is 9.02. The largest absolute Gasteiger partial charge is 0.207 e. The van der Waals surface area contributed by atoms with Crippen molar-refractivity contribution in [2.45, 2.75) is 84.0 Å². The molecule has 2 fully saturated rings. The van der Waals surface area contributed by atoms with Gasteiger partial charge in [-0.1, -0.05) is 57.6 Å². The van der Waals surface area contributed by atoms with Gasteiger partial charge in [0.25, 0.3) is 0 Å². The Morgan fingerprint density at radius 1 is 0.750 bits per heavy atom. The third kappa shape index (κ3) is 5.07. The molecule has 134 valence electrons. The number of benzene rings is 1. The molecule has 2 aliphatic rings. The number of aryl methyl sites for hydroxylation is 1. The minimum absolute atomic E-state index is 0.118. The minimum Gasteiger partial charge on any atom is -0.207 e. The van der Waals surface area contributed by atoms with Gasteiger partial charge in [0.05, 0.1) is 0 Å². The average Bonchev–Trinajstić information content (AvgIpc) is 2.63. The van der Waals surface area contributed by atoms with Gasteiger partial charge in [-0.25, -0.2) is 4.39 Å². The maximum Gasteiger partial charge on any atom is 0.123 e. The van der Waals surface area contributed by atoms with E-state index in [0.29, 0.717) is 0 Å². The molecule has 0 bridgehead atoms. The van der Waals surface area contributed by atoms with Crippen LogP contribution in [0.5, 0.6) is 0 Å². The van der Waals surface area contributed by atoms with Crippen molar-refractivity contribution in [2.75, 3.05) is 0 Å². The molecule has 0 saturated heterocycles. The van der Waals surface area contributed by atoms with Gasteiger partial charge in [-0.05, 0) is 79.9 Å². The summed E-state index contributed by atoms with van der Waals surface area (Å²) in [7, 11) is 0. The third-order valence-electron chi connectivity index (χ3n) is 6.90. The second-order valence-corrected chi connectivity index (χ2v) is 8.52. The molecule has 0 amide bonds. The van der Waals surface area contributed by atoms with Crippen LogP contribution in [-0.2, 0) is 6.42 Å². The standard InChI is InChI=1S/C23H35F/c1-2-3-18-6-12-21(13-7-18)22-14-8-19(9-15-22)4-5-20-10-16-23(24)17-11-20/h10-11,16-19,21-22H,2-9,12-15H2,1H3. The molecule has 1 aromatic carbocycles. The minimum atomic E-state index is -0.118. The Labute approximate surface area is 148 Å². The van der Waals surface area contributed by atoms with Gasteiger partial charge in [-0.3, -0.25) is 0 Å². The van der Waals surface area contributed by atoms with E-state index < -0.39 is 0 Å². The zero-order valence-corrected chi connectivity index (χ0v) is 15.5. The van der Waals surface area contributed by atoms with E-state index in [9.17, 15) is 4.39 Å². The Morgan fingerprint density at radius 2 is 1.25 bits per heavy atom. The van der Waals surface area contributed by atoms with Gasteiger partial charge in [0.15, 0.2) is 0 Å². The predicted octanol–water partition coefficient (Wildman–Crippen LogP) is 7.17. The molecule has 0 N–H and O–H groups in total. The van der Waals surface area contributed by atoms with Crippen molar-refractivity contribution in [3.05, 3.63) is 35.6 Å². The van der Waals surface area contributed by atoms with Crippen LogP contribution in [0.1, 0.15) is 83.1 Å². The molecule has 0 atom stereocenters. The summed E-state index contributed by atoms with van der Waals surface area (Å²) in [6.07, 6.45) is 17.1. The molecule has 0 unspecified atom stereocenters. The highest BCUT2D eigenvalue weighted by Crippen LogP contribution is 2.42. The van der Waals surface area contributed by atoms with Crippen LogP contribution in [0.25, 0.3) is 0 Å². The van der Waals surface area contributed by atoms with Gasteiger partial charge >= 0.3 is 0 Å². The molecule has 0 aromatic heterocycles. The molecule has 0 heterocycles. The fraction of sp³-hybridized carbons (Fsp3) is 0.739. The van der Waals surface area contributed by atoms with Crippen molar-refractivity contribution in [3.63, 3.8) is 0 Å². The van der Waals surface area contributed by atoms with E-state index in [1.807, 2.05) is 12.1 Å². The Balaban J connectivity index is 1.36. The molecule has 3 rings (SSSR count). The van der Waals surface area contributed by atoms with Crippen LogP contribution in [0.15, 0.2) is 24.3 Å². The number of hydrogen-bond donors (Lipinski definition) is 0. The van der Waals surface area contributed by atoms with Crippen molar-refractivity contribution < 1.29 is 4.39 Å². The van der Waals surface area contributed by atoms with Crippen molar-refractivity contribution in [1.82, 2.24) is 0 Å². The molecule has 2 saturated carbocycles. The lowest BCUT2D eigenvalue weighted by atomic mass is 9.68. The fourth-order valence-electron chi connectivity index (χ4n) is 5.33. The number of rotatable bonds is 6. The summed E-state index contributed by atoms with van der Waals surface area (Å²) >= 11 is 0. The van der Waals surface area contributed by atoms with Crippen LogP contribution in [-0.4, -0.2) is 0 Å². The van der Waals surface area contributed by atoms with Gasteiger partial charge in [0, 0.05) is 0 Å². The van der Waals surface area contributed by atoms with Gasteiger partial charge in [-0.2, -0.15) is 0 Å². The van der Waals surface area contributed by atoms with Gasteiger partial charge < -0.3 is 0 Å². The van der Waals surface area contributed by atoms with Crippen LogP contribution >= 0.6 is 0 Å². The monoisotopic (exact) mass is 330 g/mol. The molecule has 1 aromatic rings. The smallest absolute Gasteiger partial charge is 0.123 e. The maximum atomic E-state index is 13.0. The van der Waals surface area contributed by atoms with Gasteiger partial charge in [0.2, 0.25) is 0 Å². The van der Waals surface area contributed by atoms with Crippen molar-refractivity contribution in [2.24, 2.45) is 23.7 Å². The SMILES string of the molecule is CCCC1CCC(C2CCC(CCc3ccc(F)cc3)CC2)CC1. The van der Waals surface area contributed by atoms with Crippen LogP contribution in [0.2, 0.25) is 0 Å². The zero-order valence-electron chi connectivity index (χ0n) is 15.5. The van der Waals surface area contributed by atoms with Crippen LogP contribution in [0.4, 0.5) is 4.39 Å². The first-order valence-electron chi connectivity index (χ1n) is 10.5. The van der Waals surface area contributed by atoms with E-state index >= 15 is 0 Å². The summed E-state index contributed by atoms with van der Waals surface area (Å²) in [6.45, 7) is 2.33. The van der Waals surface area contributed by atoms with Gasteiger partial charge in [0.1, 0.15) is 5.82 Å². The van der Waals surface area contributed by atoms with Gasteiger partial charge in [-0.15, -0.1) is 0 Å². The van der Waals surface area contributed by atoms with Crippen LogP contribution in [0.3, 0.4) is 0 Å². The molecule has 0 nitrogen and oxygen atoms in total.